The Balaban J connectivity index is 2.44. The number of hydrogen-bond donors (Lipinski definition) is 0. The van der Waals surface area contributed by atoms with E-state index in [2.05, 4.69) is 5.10 Å². The number of aryl methyl sites for hydroxylation is 1. The first-order chi connectivity index (χ1) is 9.13. The van der Waals surface area contributed by atoms with Crippen LogP contribution in [0.4, 0.5) is 0 Å². The molecule has 1 heterocycles. The Kier molecular flexibility index (Phi) is 3.75. The van der Waals surface area contributed by atoms with Gasteiger partial charge in [0.15, 0.2) is 0 Å². The highest BCUT2D eigenvalue weighted by atomic mass is 16.5. The number of ether oxygens (including phenoxy) is 1. The van der Waals surface area contributed by atoms with Crippen LogP contribution in [0, 0.1) is 6.92 Å². The lowest BCUT2D eigenvalue weighted by Crippen LogP contribution is -2.23. The standard InChI is InChI=1S/C14H14N2O3/c1-10-3-6-14(18)16(15-10)8-12-7-11(9-17)4-5-13(12)19-2/h3-7,9H,8H2,1-2H3. The number of rotatable bonds is 4. The Morgan fingerprint density at radius 3 is 2.79 bits per heavy atom. The summed E-state index contributed by atoms with van der Waals surface area (Å²) in [6, 6.07) is 8.21. The number of aldehydes is 1. The zero-order chi connectivity index (χ0) is 13.8. The Bertz CT molecular complexity index is 662. The van der Waals surface area contributed by atoms with E-state index in [1.807, 2.05) is 6.92 Å². The number of benzene rings is 1. The fourth-order valence-corrected chi connectivity index (χ4v) is 1.82. The van der Waals surface area contributed by atoms with E-state index in [4.69, 9.17) is 4.74 Å². The average molecular weight is 258 g/mol. The minimum absolute atomic E-state index is 0.191. The molecular formula is C14H14N2O3. The Morgan fingerprint density at radius 1 is 1.32 bits per heavy atom. The number of aromatic nitrogens is 2. The molecule has 5 nitrogen and oxygen atoms in total. The molecule has 0 saturated heterocycles. The Labute approximate surface area is 110 Å². The van der Waals surface area contributed by atoms with E-state index in [9.17, 15) is 9.59 Å². The molecule has 0 unspecified atom stereocenters. The fraction of sp³-hybridized carbons (Fsp3) is 0.214. The third kappa shape index (κ3) is 2.88. The Hall–Kier alpha value is -2.43. The van der Waals surface area contributed by atoms with Crippen LogP contribution in [-0.4, -0.2) is 23.2 Å². The lowest BCUT2D eigenvalue weighted by Gasteiger charge is -2.10. The number of nitrogens with zero attached hydrogens (tertiary/aromatic N) is 2. The highest BCUT2D eigenvalue weighted by Gasteiger charge is 2.07. The van der Waals surface area contributed by atoms with E-state index in [1.165, 1.54) is 10.7 Å². The third-order valence-electron chi connectivity index (χ3n) is 2.76. The monoisotopic (exact) mass is 258 g/mol. The van der Waals surface area contributed by atoms with Crippen LogP contribution in [0.3, 0.4) is 0 Å². The first-order valence-electron chi connectivity index (χ1n) is 5.81. The second-order valence-corrected chi connectivity index (χ2v) is 4.16. The van der Waals surface area contributed by atoms with Gasteiger partial charge in [0.25, 0.3) is 5.56 Å². The van der Waals surface area contributed by atoms with Gasteiger partial charge in [-0.05, 0) is 31.2 Å². The van der Waals surface area contributed by atoms with Gasteiger partial charge in [0, 0.05) is 17.2 Å². The molecule has 0 bridgehead atoms. The van der Waals surface area contributed by atoms with Crippen molar-refractivity contribution in [2.24, 2.45) is 0 Å². The summed E-state index contributed by atoms with van der Waals surface area (Å²) >= 11 is 0. The molecule has 2 rings (SSSR count). The second kappa shape index (κ2) is 5.48. The van der Waals surface area contributed by atoms with Crippen LogP contribution in [0.5, 0.6) is 5.75 Å². The fourth-order valence-electron chi connectivity index (χ4n) is 1.82. The molecule has 0 N–H and O–H groups in total. The lowest BCUT2D eigenvalue weighted by molar-refractivity contribution is 0.112. The molecule has 0 amide bonds. The SMILES string of the molecule is COc1ccc(C=O)cc1Cn1nc(C)ccc1=O. The molecule has 1 aromatic carbocycles. The van der Waals surface area contributed by atoms with Crippen molar-refractivity contribution in [3.8, 4) is 5.75 Å². The maximum absolute atomic E-state index is 11.7. The highest BCUT2D eigenvalue weighted by Crippen LogP contribution is 2.19. The van der Waals surface area contributed by atoms with Gasteiger partial charge in [0.1, 0.15) is 12.0 Å². The van der Waals surface area contributed by atoms with Gasteiger partial charge in [0.05, 0.1) is 19.3 Å². The molecule has 19 heavy (non-hydrogen) atoms. The summed E-state index contributed by atoms with van der Waals surface area (Å²) in [4.78, 5) is 22.5. The molecular weight excluding hydrogens is 244 g/mol. The number of methoxy groups -OCH3 is 1. The van der Waals surface area contributed by atoms with E-state index >= 15 is 0 Å². The Morgan fingerprint density at radius 2 is 2.11 bits per heavy atom. The van der Waals surface area contributed by atoms with Crippen molar-refractivity contribution in [3.05, 3.63) is 57.5 Å². The van der Waals surface area contributed by atoms with Crippen LogP contribution in [0.15, 0.2) is 35.1 Å². The number of hydrogen-bond acceptors (Lipinski definition) is 4. The quantitative estimate of drug-likeness (QED) is 0.778. The van der Waals surface area contributed by atoms with Crippen molar-refractivity contribution in [2.45, 2.75) is 13.5 Å². The molecule has 0 radical (unpaired) electrons. The zero-order valence-corrected chi connectivity index (χ0v) is 10.8. The van der Waals surface area contributed by atoms with Crippen molar-refractivity contribution in [2.75, 3.05) is 7.11 Å². The first kappa shape index (κ1) is 13.0. The van der Waals surface area contributed by atoms with E-state index in [1.54, 1.807) is 31.4 Å². The van der Waals surface area contributed by atoms with Crippen molar-refractivity contribution >= 4 is 6.29 Å². The van der Waals surface area contributed by atoms with Gasteiger partial charge in [-0.25, -0.2) is 4.68 Å². The maximum atomic E-state index is 11.7. The van der Waals surface area contributed by atoms with Gasteiger partial charge in [-0.3, -0.25) is 9.59 Å². The molecule has 2 aromatic rings. The lowest BCUT2D eigenvalue weighted by atomic mass is 10.1. The van der Waals surface area contributed by atoms with Gasteiger partial charge in [0.2, 0.25) is 0 Å². The topological polar surface area (TPSA) is 61.2 Å². The number of carbonyl (C=O) groups is 1. The van der Waals surface area contributed by atoms with E-state index in [0.29, 0.717) is 11.3 Å². The van der Waals surface area contributed by atoms with Crippen LogP contribution in [-0.2, 0) is 6.54 Å². The van der Waals surface area contributed by atoms with Crippen LogP contribution in [0.2, 0.25) is 0 Å². The van der Waals surface area contributed by atoms with Crippen molar-refractivity contribution in [1.82, 2.24) is 9.78 Å². The average Bonchev–Trinajstić information content (AvgIpc) is 2.42. The predicted molar refractivity (Wildman–Crippen MR) is 70.7 cm³/mol. The van der Waals surface area contributed by atoms with Gasteiger partial charge < -0.3 is 4.74 Å². The van der Waals surface area contributed by atoms with E-state index in [-0.39, 0.29) is 12.1 Å². The van der Waals surface area contributed by atoms with Crippen molar-refractivity contribution in [3.63, 3.8) is 0 Å². The van der Waals surface area contributed by atoms with Gasteiger partial charge in [-0.1, -0.05) is 0 Å². The van der Waals surface area contributed by atoms with Crippen LogP contribution in [0.1, 0.15) is 21.6 Å². The largest absolute Gasteiger partial charge is 0.496 e. The molecule has 0 aliphatic heterocycles. The first-order valence-corrected chi connectivity index (χ1v) is 5.81. The molecule has 0 fully saturated rings. The van der Waals surface area contributed by atoms with Crippen molar-refractivity contribution in [1.29, 1.82) is 0 Å². The van der Waals surface area contributed by atoms with E-state index < -0.39 is 0 Å². The molecule has 0 saturated carbocycles. The molecule has 0 aliphatic rings. The summed E-state index contributed by atoms with van der Waals surface area (Å²) in [5.41, 5.74) is 1.85. The number of carbonyl (C=O) groups excluding carboxylic acids is 1. The van der Waals surface area contributed by atoms with Crippen LogP contribution in [0.25, 0.3) is 0 Å². The minimum atomic E-state index is -0.191. The van der Waals surface area contributed by atoms with Crippen LogP contribution >= 0.6 is 0 Å². The molecule has 0 spiro atoms. The predicted octanol–water partition coefficient (Wildman–Crippen LogP) is 1.42. The molecule has 98 valence electrons. The summed E-state index contributed by atoms with van der Waals surface area (Å²) in [7, 11) is 1.55. The van der Waals surface area contributed by atoms with Crippen LogP contribution < -0.4 is 10.3 Å². The highest BCUT2D eigenvalue weighted by molar-refractivity contribution is 5.75. The summed E-state index contributed by atoms with van der Waals surface area (Å²) in [6.07, 6.45) is 0.759. The third-order valence-corrected chi connectivity index (χ3v) is 2.76. The molecule has 5 heteroatoms. The zero-order valence-electron chi connectivity index (χ0n) is 10.8. The van der Waals surface area contributed by atoms with Gasteiger partial charge in [-0.2, -0.15) is 5.10 Å². The molecule has 0 aliphatic carbocycles. The van der Waals surface area contributed by atoms with Gasteiger partial charge in [-0.15, -0.1) is 0 Å². The smallest absolute Gasteiger partial charge is 0.267 e. The summed E-state index contributed by atoms with van der Waals surface area (Å²) in [6.45, 7) is 2.08. The van der Waals surface area contributed by atoms with Gasteiger partial charge >= 0.3 is 0 Å². The van der Waals surface area contributed by atoms with Crippen molar-refractivity contribution < 1.29 is 9.53 Å². The summed E-state index contributed by atoms with van der Waals surface area (Å²) in [5, 5.41) is 4.16. The minimum Gasteiger partial charge on any atom is -0.496 e. The normalized spacial score (nSPS) is 10.2. The summed E-state index contributed by atoms with van der Waals surface area (Å²) < 4.78 is 6.58. The molecule has 1 aromatic heterocycles. The second-order valence-electron chi connectivity index (χ2n) is 4.16. The molecule has 0 atom stereocenters. The maximum Gasteiger partial charge on any atom is 0.267 e. The summed E-state index contributed by atoms with van der Waals surface area (Å²) in [5.74, 6) is 0.626. The van der Waals surface area contributed by atoms with E-state index in [0.717, 1.165) is 17.5 Å².